The fourth-order valence-corrected chi connectivity index (χ4v) is 2.39. The summed E-state index contributed by atoms with van der Waals surface area (Å²) in [6.45, 7) is 0. The molecule has 3 aromatic rings. The molecular weight excluding hydrogens is 324 g/mol. The molecule has 3 rings (SSSR count). The van der Waals surface area contributed by atoms with E-state index >= 15 is 0 Å². The Hall–Kier alpha value is -1.79. The van der Waals surface area contributed by atoms with Crippen LogP contribution in [0.1, 0.15) is 0 Å². The molecule has 2 aromatic heterocycles. The predicted molar refractivity (Wildman–Crippen MR) is 80.6 cm³/mol. The number of benzene rings is 1. The Labute approximate surface area is 122 Å². The van der Waals surface area contributed by atoms with Crippen LogP contribution in [0.5, 0.6) is 0 Å². The zero-order chi connectivity index (χ0) is 13.1. The number of aromatic nitrogens is 3. The average molecular weight is 333 g/mol. The van der Waals surface area contributed by atoms with E-state index in [1.807, 2.05) is 42.5 Å². The van der Waals surface area contributed by atoms with Crippen molar-refractivity contribution in [2.75, 3.05) is 5.32 Å². The second-order valence-electron chi connectivity index (χ2n) is 3.77. The highest BCUT2D eigenvalue weighted by atomic mass is 79.9. The topological polar surface area (TPSA) is 50.7 Å². The number of anilines is 2. The van der Waals surface area contributed by atoms with Gasteiger partial charge in [-0.25, -0.2) is 0 Å². The molecule has 0 saturated carbocycles. The van der Waals surface area contributed by atoms with Crippen LogP contribution < -0.4 is 5.32 Å². The van der Waals surface area contributed by atoms with Crippen LogP contribution in [0.3, 0.4) is 0 Å². The first-order chi connectivity index (χ1) is 9.31. The van der Waals surface area contributed by atoms with Crippen LogP contribution in [0, 0.1) is 0 Å². The molecule has 0 bridgehead atoms. The van der Waals surface area contributed by atoms with Gasteiger partial charge in [-0.05, 0) is 36.4 Å². The van der Waals surface area contributed by atoms with Crippen molar-refractivity contribution in [1.82, 2.24) is 14.3 Å². The first kappa shape index (κ1) is 12.3. The SMILES string of the molecule is Brc1ccc(Nc2nc(-c3ccccn3)ns2)cc1. The van der Waals surface area contributed by atoms with Crippen molar-refractivity contribution >= 4 is 38.3 Å². The number of rotatable bonds is 3. The summed E-state index contributed by atoms with van der Waals surface area (Å²) in [5.41, 5.74) is 1.76. The maximum Gasteiger partial charge on any atom is 0.207 e. The van der Waals surface area contributed by atoms with Gasteiger partial charge in [0.25, 0.3) is 0 Å². The maximum absolute atomic E-state index is 4.42. The minimum absolute atomic E-state index is 0.644. The molecule has 1 aromatic carbocycles. The van der Waals surface area contributed by atoms with Gasteiger partial charge in [0.15, 0.2) is 5.82 Å². The highest BCUT2D eigenvalue weighted by molar-refractivity contribution is 9.10. The Kier molecular flexibility index (Phi) is 3.52. The van der Waals surface area contributed by atoms with Gasteiger partial charge in [-0.1, -0.05) is 22.0 Å². The molecule has 2 heterocycles. The molecule has 0 radical (unpaired) electrons. The van der Waals surface area contributed by atoms with Crippen molar-refractivity contribution in [1.29, 1.82) is 0 Å². The van der Waals surface area contributed by atoms with Crippen LogP contribution in [-0.2, 0) is 0 Å². The summed E-state index contributed by atoms with van der Waals surface area (Å²) in [5, 5.41) is 3.97. The molecule has 4 nitrogen and oxygen atoms in total. The molecule has 0 atom stereocenters. The lowest BCUT2D eigenvalue weighted by Gasteiger charge is -2.00. The summed E-state index contributed by atoms with van der Waals surface area (Å²) < 4.78 is 5.34. The standard InChI is InChI=1S/C13H9BrN4S/c14-9-4-6-10(7-5-9)16-13-17-12(18-19-13)11-3-1-2-8-15-11/h1-8H,(H,16,17,18). The molecule has 6 heteroatoms. The third kappa shape index (κ3) is 2.97. The van der Waals surface area contributed by atoms with Crippen molar-refractivity contribution in [2.45, 2.75) is 0 Å². The Bertz CT molecular complexity index is 667. The molecule has 0 aliphatic carbocycles. The van der Waals surface area contributed by atoms with Crippen molar-refractivity contribution in [3.63, 3.8) is 0 Å². The van der Waals surface area contributed by atoms with E-state index in [0.717, 1.165) is 21.0 Å². The lowest BCUT2D eigenvalue weighted by molar-refractivity contribution is 1.23. The van der Waals surface area contributed by atoms with E-state index in [1.165, 1.54) is 11.5 Å². The van der Waals surface area contributed by atoms with E-state index in [4.69, 9.17) is 0 Å². The first-order valence-corrected chi connectivity index (χ1v) is 7.15. The first-order valence-electron chi connectivity index (χ1n) is 5.59. The highest BCUT2D eigenvalue weighted by Crippen LogP contribution is 2.23. The van der Waals surface area contributed by atoms with Gasteiger partial charge in [-0.3, -0.25) is 4.98 Å². The number of nitrogens with one attached hydrogen (secondary N) is 1. The Morgan fingerprint density at radius 2 is 1.89 bits per heavy atom. The van der Waals surface area contributed by atoms with E-state index < -0.39 is 0 Å². The average Bonchev–Trinajstić information content (AvgIpc) is 2.91. The summed E-state index contributed by atoms with van der Waals surface area (Å²) in [5.74, 6) is 0.644. The van der Waals surface area contributed by atoms with Gasteiger partial charge < -0.3 is 5.32 Å². The number of hydrogen-bond acceptors (Lipinski definition) is 5. The zero-order valence-corrected chi connectivity index (χ0v) is 12.1. The highest BCUT2D eigenvalue weighted by Gasteiger charge is 2.07. The Morgan fingerprint density at radius 1 is 1.05 bits per heavy atom. The molecule has 0 unspecified atom stereocenters. The van der Waals surface area contributed by atoms with Crippen LogP contribution in [0.25, 0.3) is 11.5 Å². The molecule has 94 valence electrons. The molecule has 1 N–H and O–H groups in total. The van der Waals surface area contributed by atoms with E-state index in [2.05, 4.69) is 35.6 Å². The molecule has 0 saturated heterocycles. The van der Waals surface area contributed by atoms with Gasteiger partial charge in [0.2, 0.25) is 5.13 Å². The summed E-state index contributed by atoms with van der Waals surface area (Å²) in [4.78, 5) is 8.65. The van der Waals surface area contributed by atoms with Gasteiger partial charge >= 0.3 is 0 Å². The van der Waals surface area contributed by atoms with Gasteiger partial charge in [-0.2, -0.15) is 9.36 Å². The Morgan fingerprint density at radius 3 is 2.63 bits per heavy atom. The fourth-order valence-electron chi connectivity index (χ4n) is 1.53. The summed E-state index contributed by atoms with van der Waals surface area (Å²) >= 11 is 4.72. The number of pyridine rings is 1. The molecule has 0 aliphatic rings. The van der Waals surface area contributed by atoms with E-state index in [1.54, 1.807) is 6.20 Å². The van der Waals surface area contributed by atoms with E-state index in [-0.39, 0.29) is 0 Å². The largest absolute Gasteiger partial charge is 0.330 e. The van der Waals surface area contributed by atoms with Crippen LogP contribution in [0.15, 0.2) is 53.1 Å². The summed E-state index contributed by atoms with van der Waals surface area (Å²) in [6.07, 6.45) is 1.73. The second kappa shape index (κ2) is 5.46. The normalized spacial score (nSPS) is 10.4. The molecular formula is C13H9BrN4S. The lowest BCUT2D eigenvalue weighted by Crippen LogP contribution is -1.89. The lowest BCUT2D eigenvalue weighted by atomic mass is 10.3. The second-order valence-corrected chi connectivity index (χ2v) is 5.44. The third-order valence-electron chi connectivity index (χ3n) is 2.42. The summed E-state index contributed by atoms with van der Waals surface area (Å²) in [7, 11) is 0. The number of nitrogens with zero attached hydrogens (tertiary/aromatic N) is 3. The molecule has 0 spiro atoms. The van der Waals surface area contributed by atoms with Gasteiger partial charge in [0.05, 0.1) is 0 Å². The smallest absolute Gasteiger partial charge is 0.207 e. The van der Waals surface area contributed by atoms with E-state index in [0.29, 0.717) is 5.82 Å². The van der Waals surface area contributed by atoms with Crippen molar-refractivity contribution < 1.29 is 0 Å². The minimum Gasteiger partial charge on any atom is -0.330 e. The molecule has 0 amide bonds. The predicted octanol–water partition coefficient (Wildman–Crippen LogP) is 4.11. The number of halogens is 1. The van der Waals surface area contributed by atoms with Crippen LogP contribution >= 0.6 is 27.5 Å². The van der Waals surface area contributed by atoms with Gasteiger partial charge in [-0.15, -0.1) is 0 Å². The quantitative estimate of drug-likeness (QED) is 0.784. The molecule has 19 heavy (non-hydrogen) atoms. The monoisotopic (exact) mass is 332 g/mol. The van der Waals surface area contributed by atoms with Crippen LogP contribution in [0.4, 0.5) is 10.8 Å². The molecule has 0 aliphatic heterocycles. The van der Waals surface area contributed by atoms with Crippen LogP contribution in [-0.4, -0.2) is 14.3 Å². The van der Waals surface area contributed by atoms with Gasteiger partial charge in [0.1, 0.15) is 5.69 Å². The van der Waals surface area contributed by atoms with Crippen molar-refractivity contribution in [2.24, 2.45) is 0 Å². The molecule has 0 fully saturated rings. The van der Waals surface area contributed by atoms with E-state index in [9.17, 15) is 0 Å². The zero-order valence-electron chi connectivity index (χ0n) is 9.75. The van der Waals surface area contributed by atoms with Crippen molar-refractivity contribution in [3.8, 4) is 11.5 Å². The van der Waals surface area contributed by atoms with Crippen molar-refractivity contribution in [3.05, 3.63) is 53.1 Å². The van der Waals surface area contributed by atoms with Crippen LogP contribution in [0.2, 0.25) is 0 Å². The third-order valence-corrected chi connectivity index (χ3v) is 3.57. The number of hydrogen-bond donors (Lipinski definition) is 1. The van der Waals surface area contributed by atoms with Gasteiger partial charge in [0, 0.05) is 27.9 Å². The maximum atomic E-state index is 4.42. The Balaban J connectivity index is 1.80. The minimum atomic E-state index is 0.644. The summed E-state index contributed by atoms with van der Waals surface area (Å²) in [6, 6.07) is 13.6. The fraction of sp³-hybridized carbons (Fsp3) is 0.